The molecule has 0 amide bonds. The van der Waals surface area contributed by atoms with Crippen molar-refractivity contribution in [2.24, 2.45) is 0 Å². The van der Waals surface area contributed by atoms with Crippen molar-refractivity contribution in [2.45, 2.75) is 39.0 Å². The molecule has 1 heterocycles. The van der Waals surface area contributed by atoms with Gasteiger partial charge in [-0.05, 0) is 38.3 Å². The summed E-state index contributed by atoms with van der Waals surface area (Å²) in [6.45, 7) is 3.98. The van der Waals surface area contributed by atoms with Crippen molar-refractivity contribution in [3.63, 3.8) is 0 Å². The van der Waals surface area contributed by atoms with Crippen molar-refractivity contribution in [1.82, 2.24) is 0 Å². The molecule has 6 heteroatoms. The summed E-state index contributed by atoms with van der Waals surface area (Å²) < 4.78 is 5.19. The van der Waals surface area contributed by atoms with Gasteiger partial charge >= 0.3 is 5.97 Å². The number of nitrogens with one attached hydrogen (secondary N) is 1. The summed E-state index contributed by atoms with van der Waals surface area (Å²) in [5.41, 5.74) is 3.02. The van der Waals surface area contributed by atoms with Gasteiger partial charge in [0.2, 0.25) is 0 Å². The van der Waals surface area contributed by atoms with Crippen LogP contribution in [0, 0.1) is 0 Å². The Bertz CT molecular complexity index is 823. The topological polar surface area (TPSA) is 82.0 Å². The number of hydrogen-bond donors (Lipinski definition) is 3. The van der Waals surface area contributed by atoms with E-state index in [-0.39, 0.29) is 18.5 Å². The largest absolute Gasteiger partial charge is 0.505 e. The highest BCUT2D eigenvalue weighted by atomic mass is 16.5. The van der Waals surface area contributed by atoms with Gasteiger partial charge in [-0.25, -0.2) is 4.79 Å². The van der Waals surface area contributed by atoms with Gasteiger partial charge in [0.25, 0.3) is 0 Å². The number of phenols is 1. The molecule has 3 N–H and O–H groups in total. The first kappa shape index (κ1) is 19.0. The highest BCUT2D eigenvalue weighted by Crippen LogP contribution is 2.45. The van der Waals surface area contributed by atoms with Crippen molar-refractivity contribution in [1.29, 1.82) is 0 Å². The van der Waals surface area contributed by atoms with Crippen LogP contribution < -0.4 is 10.2 Å². The molecule has 6 nitrogen and oxygen atoms in total. The predicted molar refractivity (Wildman–Crippen MR) is 105 cm³/mol. The van der Waals surface area contributed by atoms with E-state index in [1.807, 2.05) is 49.2 Å². The van der Waals surface area contributed by atoms with E-state index in [0.29, 0.717) is 29.7 Å². The Morgan fingerprint density at radius 3 is 2.70 bits per heavy atom. The van der Waals surface area contributed by atoms with Crippen LogP contribution >= 0.6 is 0 Å². The summed E-state index contributed by atoms with van der Waals surface area (Å²) in [5, 5.41) is 24.5. The third-order valence-corrected chi connectivity index (χ3v) is 5.05. The lowest BCUT2D eigenvalue weighted by Gasteiger charge is -2.19. The Morgan fingerprint density at radius 1 is 1.33 bits per heavy atom. The number of phenolic OH excluding ortho intramolecular Hbond substituents is 1. The van der Waals surface area contributed by atoms with Gasteiger partial charge in [0.05, 0.1) is 30.1 Å². The van der Waals surface area contributed by atoms with E-state index in [1.54, 1.807) is 13.0 Å². The minimum Gasteiger partial charge on any atom is -0.505 e. The van der Waals surface area contributed by atoms with Crippen LogP contribution in [0.4, 0.5) is 11.4 Å². The van der Waals surface area contributed by atoms with Gasteiger partial charge in [0, 0.05) is 12.6 Å². The maximum atomic E-state index is 12.5. The molecule has 144 valence electrons. The van der Waals surface area contributed by atoms with E-state index in [2.05, 4.69) is 5.32 Å². The highest BCUT2D eigenvalue weighted by Gasteiger charge is 2.30. The zero-order valence-corrected chi connectivity index (χ0v) is 15.9. The molecule has 1 aliphatic heterocycles. The molecule has 1 aliphatic rings. The number of carbonyl (C=O) groups is 1. The number of hydrogen-bond acceptors (Lipinski definition) is 6. The van der Waals surface area contributed by atoms with Gasteiger partial charge in [0.1, 0.15) is 11.4 Å². The number of aliphatic hydroxyl groups excluding tert-OH is 1. The summed E-state index contributed by atoms with van der Waals surface area (Å²) in [7, 11) is 1.90. The molecule has 0 saturated carbocycles. The van der Waals surface area contributed by atoms with Crippen LogP contribution in [0.1, 0.15) is 47.9 Å². The normalized spacial score (nSPS) is 16.6. The van der Waals surface area contributed by atoms with Crippen LogP contribution in [0.5, 0.6) is 5.75 Å². The number of ether oxygens (including phenoxy) is 1. The summed E-state index contributed by atoms with van der Waals surface area (Å²) >= 11 is 0. The molecule has 2 unspecified atom stereocenters. The van der Waals surface area contributed by atoms with Gasteiger partial charge in [-0.2, -0.15) is 0 Å². The second-order valence-corrected chi connectivity index (χ2v) is 6.76. The monoisotopic (exact) mass is 370 g/mol. The number of anilines is 2. The fourth-order valence-electron chi connectivity index (χ4n) is 3.40. The Kier molecular flexibility index (Phi) is 5.56. The highest BCUT2D eigenvalue weighted by molar-refractivity contribution is 5.97. The van der Waals surface area contributed by atoms with Crippen LogP contribution in [0.25, 0.3) is 0 Å². The Balaban J connectivity index is 1.93. The fourth-order valence-corrected chi connectivity index (χ4v) is 3.40. The van der Waals surface area contributed by atoms with E-state index in [9.17, 15) is 15.0 Å². The third kappa shape index (κ3) is 3.71. The maximum Gasteiger partial charge on any atom is 0.338 e. The molecule has 0 saturated heterocycles. The molecule has 27 heavy (non-hydrogen) atoms. The van der Waals surface area contributed by atoms with E-state index in [0.717, 1.165) is 11.3 Å². The first-order valence-electron chi connectivity index (χ1n) is 9.22. The Hall–Kier alpha value is -2.73. The first-order chi connectivity index (χ1) is 12.9. The zero-order valence-electron chi connectivity index (χ0n) is 15.9. The molecular formula is C21H26N2O4. The standard InChI is InChI=1S/C21H26N2O4/c1-4-27-21(26)16-12-17-19(22-13(2)23(17)3)20(25)15(16)10-11-18(24)14-8-6-5-7-9-14/h5-9,12-13,18,22,24-25H,4,10-11H2,1-3H3. The summed E-state index contributed by atoms with van der Waals surface area (Å²) in [4.78, 5) is 14.4. The molecule has 0 spiro atoms. The maximum absolute atomic E-state index is 12.5. The molecule has 0 radical (unpaired) electrons. The lowest BCUT2D eigenvalue weighted by Crippen LogP contribution is -2.28. The van der Waals surface area contributed by atoms with E-state index < -0.39 is 12.1 Å². The average molecular weight is 370 g/mol. The van der Waals surface area contributed by atoms with Gasteiger partial charge in [-0.15, -0.1) is 0 Å². The molecule has 3 rings (SSSR count). The minimum absolute atomic E-state index is 0.00565. The van der Waals surface area contributed by atoms with Gasteiger partial charge in [-0.1, -0.05) is 30.3 Å². The number of carbonyl (C=O) groups excluding carboxylic acids is 1. The molecule has 2 aromatic rings. The van der Waals surface area contributed by atoms with Crippen molar-refractivity contribution < 1.29 is 19.7 Å². The number of nitrogens with zero attached hydrogens (tertiary/aromatic N) is 1. The zero-order chi connectivity index (χ0) is 19.6. The molecule has 2 aromatic carbocycles. The van der Waals surface area contributed by atoms with Gasteiger partial charge in [-0.3, -0.25) is 0 Å². The lowest BCUT2D eigenvalue weighted by molar-refractivity contribution is 0.0524. The smallest absolute Gasteiger partial charge is 0.338 e. The van der Waals surface area contributed by atoms with Crippen LogP contribution in [-0.2, 0) is 11.2 Å². The molecule has 2 atom stereocenters. The quantitative estimate of drug-likeness (QED) is 0.534. The molecule has 0 aliphatic carbocycles. The molecule has 0 aromatic heterocycles. The number of fused-ring (bicyclic) bond motifs is 1. The summed E-state index contributed by atoms with van der Waals surface area (Å²) in [5.74, 6) is -0.417. The predicted octanol–water partition coefficient (Wildman–Crippen LogP) is 3.44. The molecule has 0 fully saturated rings. The lowest BCUT2D eigenvalue weighted by atomic mass is 9.95. The SMILES string of the molecule is CCOC(=O)c1cc2c(c(O)c1CCC(O)c1ccccc1)NC(C)N2C. The number of benzene rings is 2. The number of rotatable bonds is 6. The van der Waals surface area contributed by atoms with E-state index in [1.165, 1.54) is 0 Å². The van der Waals surface area contributed by atoms with Crippen molar-refractivity contribution >= 4 is 17.3 Å². The summed E-state index contributed by atoms with van der Waals surface area (Å²) in [6, 6.07) is 11.1. The van der Waals surface area contributed by atoms with Gasteiger partial charge < -0.3 is 25.2 Å². The van der Waals surface area contributed by atoms with Crippen LogP contribution in [0.2, 0.25) is 0 Å². The second-order valence-electron chi connectivity index (χ2n) is 6.76. The van der Waals surface area contributed by atoms with Crippen LogP contribution in [0.15, 0.2) is 36.4 Å². The average Bonchev–Trinajstić information content (AvgIpc) is 2.96. The summed E-state index contributed by atoms with van der Waals surface area (Å²) in [6.07, 6.45) is 0.0617. The Labute approximate surface area is 159 Å². The van der Waals surface area contributed by atoms with Crippen LogP contribution in [0.3, 0.4) is 0 Å². The van der Waals surface area contributed by atoms with Crippen molar-refractivity contribution in [3.05, 3.63) is 53.1 Å². The minimum atomic E-state index is -0.677. The van der Waals surface area contributed by atoms with E-state index >= 15 is 0 Å². The second kappa shape index (κ2) is 7.88. The van der Waals surface area contributed by atoms with Crippen molar-refractivity contribution in [2.75, 3.05) is 23.9 Å². The Morgan fingerprint density at radius 2 is 2.04 bits per heavy atom. The molecule has 0 bridgehead atoms. The third-order valence-electron chi connectivity index (χ3n) is 5.05. The number of esters is 1. The molecular weight excluding hydrogens is 344 g/mol. The van der Waals surface area contributed by atoms with E-state index in [4.69, 9.17) is 4.74 Å². The number of aliphatic hydroxyl groups is 1. The first-order valence-corrected chi connectivity index (χ1v) is 9.22. The fraction of sp³-hybridized carbons (Fsp3) is 0.381. The van der Waals surface area contributed by atoms with Crippen LogP contribution in [-0.4, -0.2) is 36.0 Å². The number of aromatic hydroxyl groups is 1. The van der Waals surface area contributed by atoms with Gasteiger partial charge in [0.15, 0.2) is 0 Å². The van der Waals surface area contributed by atoms with Crippen molar-refractivity contribution in [3.8, 4) is 5.75 Å².